The molecule has 2 aromatic carbocycles. The first-order valence-corrected chi connectivity index (χ1v) is 9.98. The van der Waals surface area contributed by atoms with Crippen molar-refractivity contribution in [2.45, 2.75) is 32.7 Å². The van der Waals surface area contributed by atoms with Gasteiger partial charge in [-0.15, -0.1) is 0 Å². The second-order valence-electron chi connectivity index (χ2n) is 7.06. The van der Waals surface area contributed by atoms with Crippen molar-refractivity contribution in [2.24, 2.45) is 0 Å². The Morgan fingerprint density at radius 2 is 1.76 bits per heavy atom. The van der Waals surface area contributed by atoms with Crippen LogP contribution in [0.5, 0.6) is 11.5 Å². The van der Waals surface area contributed by atoms with E-state index in [-0.39, 0.29) is 11.8 Å². The third kappa shape index (κ3) is 4.70. The quantitative estimate of drug-likeness (QED) is 0.713. The fraction of sp³-hybridized carbons (Fsp3) is 0.391. The van der Waals surface area contributed by atoms with Gasteiger partial charge in [-0.3, -0.25) is 9.59 Å². The number of ether oxygens (including phenoxy) is 2. The molecule has 2 aromatic rings. The maximum Gasteiger partial charge on any atom is 0.254 e. The zero-order chi connectivity index (χ0) is 20.8. The molecule has 1 saturated heterocycles. The summed E-state index contributed by atoms with van der Waals surface area (Å²) in [7, 11) is 3.19. The maximum absolute atomic E-state index is 13.0. The van der Waals surface area contributed by atoms with Gasteiger partial charge in [0.2, 0.25) is 5.91 Å². The summed E-state index contributed by atoms with van der Waals surface area (Å²) in [5, 5.41) is 0. The van der Waals surface area contributed by atoms with Gasteiger partial charge in [0.1, 0.15) is 0 Å². The minimum Gasteiger partial charge on any atom is -0.493 e. The molecule has 1 aliphatic rings. The van der Waals surface area contributed by atoms with E-state index in [0.29, 0.717) is 36.6 Å². The summed E-state index contributed by atoms with van der Waals surface area (Å²) in [6, 6.07) is 13.0. The molecule has 6 heteroatoms. The van der Waals surface area contributed by atoms with Crippen LogP contribution in [0, 0.1) is 0 Å². The summed E-state index contributed by atoms with van der Waals surface area (Å²) >= 11 is 0. The average Bonchev–Trinajstić information content (AvgIpc) is 2.77. The van der Waals surface area contributed by atoms with Crippen molar-refractivity contribution in [1.29, 1.82) is 0 Å². The van der Waals surface area contributed by atoms with E-state index in [1.807, 2.05) is 37.3 Å². The molecule has 154 valence electrons. The van der Waals surface area contributed by atoms with Gasteiger partial charge in [0, 0.05) is 37.3 Å². The molecule has 0 unspecified atom stereocenters. The number of methoxy groups -OCH3 is 2. The molecule has 0 N–H and O–H groups in total. The number of benzene rings is 2. The minimum absolute atomic E-state index is 0.0428. The highest BCUT2D eigenvalue weighted by molar-refractivity contribution is 5.97. The highest BCUT2D eigenvalue weighted by Crippen LogP contribution is 2.28. The Hall–Kier alpha value is -3.02. The number of anilines is 1. The maximum atomic E-state index is 13.0. The molecule has 1 heterocycles. The zero-order valence-electron chi connectivity index (χ0n) is 17.3. The van der Waals surface area contributed by atoms with Gasteiger partial charge in [0.15, 0.2) is 11.5 Å². The Kier molecular flexibility index (Phi) is 6.75. The number of nitrogens with zero attached hydrogens (tertiary/aromatic N) is 2. The van der Waals surface area contributed by atoms with Crippen molar-refractivity contribution in [3.05, 3.63) is 53.6 Å². The largest absolute Gasteiger partial charge is 0.493 e. The van der Waals surface area contributed by atoms with Crippen LogP contribution in [-0.4, -0.2) is 44.0 Å². The Labute approximate surface area is 172 Å². The first-order chi connectivity index (χ1) is 14.1. The number of amides is 2. The molecule has 0 atom stereocenters. The van der Waals surface area contributed by atoms with Crippen LogP contribution in [0.25, 0.3) is 0 Å². The van der Waals surface area contributed by atoms with Gasteiger partial charge < -0.3 is 19.3 Å². The molecule has 0 saturated carbocycles. The molecule has 0 radical (unpaired) electrons. The monoisotopic (exact) mass is 396 g/mol. The van der Waals surface area contributed by atoms with Gasteiger partial charge in [-0.2, -0.15) is 0 Å². The van der Waals surface area contributed by atoms with E-state index >= 15 is 0 Å². The molecule has 1 fully saturated rings. The van der Waals surface area contributed by atoms with E-state index in [1.165, 1.54) is 0 Å². The second kappa shape index (κ2) is 9.45. The Balaban J connectivity index is 1.73. The van der Waals surface area contributed by atoms with Gasteiger partial charge in [-0.25, -0.2) is 0 Å². The molecule has 0 aromatic heterocycles. The Morgan fingerprint density at radius 3 is 2.38 bits per heavy atom. The van der Waals surface area contributed by atoms with E-state index in [4.69, 9.17) is 9.47 Å². The van der Waals surface area contributed by atoms with Crippen LogP contribution in [0.2, 0.25) is 0 Å². The normalized spacial score (nSPS) is 13.9. The van der Waals surface area contributed by atoms with Gasteiger partial charge in [-0.05, 0) is 61.7 Å². The molecule has 0 bridgehead atoms. The van der Waals surface area contributed by atoms with Crippen LogP contribution in [0.1, 0.15) is 42.1 Å². The van der Waals surface area contributed by atoms with Crippen LogP contribution in [0.3, 0.4) is 0 Å². The zero-order valence-corrected chi connectivity index (χ0v) is 17.3. The molecule has 2 amide bonds. The Bertz CT molecular complexity index is 864. The number of rotatable bonds is 7. The van der Waals surface area contributed by atoms with Crippen LogP contribution >= 0.6 is 0 Å². The average molecular weight is 396 g/mol. The SMILES string of the molecule is CCN(Cc1ccc(OC)c(OC)c1)C(=O)c1ccc(N2CCCCC2=O)cc1. The minimum atomic E-state index is -0.0428. The molecule has 29 heavy (non-hydrogen) atoms. The molecule has 0 aliphatic carbocycles. The predicted molar refractivity (Wildman–Crippen MR) is 113 cm³/mol. The number of hydrogen-bond donors (Lipinski definition) is 0. The van der Waals surface area contributed by atoms with Crippen molar-refractivity contribution in [3.8, 4) is 11.5 Å². The van der Waals surface area contributed by atoms with Crippen molar-refractivity contribution in [2.75, 3.05) is 32.2 Å². The lowest BCUT2D eigenvalue weighted by atomic mass is 10.1. The van der Waals surface area contributed by atoms with E-state index in [1.54, 1.807) is 36.2 Å². The molecular formula is C23H28N2O4. The van der Waals surface area contributed by atoms with Crippen molar-refractivity contribution in [3.63, 3.8) is 0 Å². The van der Waals surface area contributed by atoms with Crippen molar-refractivity contribution < 1.29 is 19.1 Å². The lowest BCUT2D eigenvalue weighted by molar-refractivity contribution is -0.119. The first kappa shape index (κ1) is 20.7. The first-order valence-electron chi connectivity index (χ1n) is 9.98. The number of carbonyl (C=O) groups is 2. The van der Waals surface area contributed by atoms with Crippen molar-refractivity contribution >= 4 is 17.5 Å². The lowest BCUT2D eigenvalue weighted by Crippen LogP contribution is -2.35. The van der Waals surface area contributed by atoms with Crippen LogP contribution < -0.4 is 14.4 Å². The highest BCUT2D eigenvalue weighted by Gasteiger charge is 2.21. The third-order valence-corrected chi connectivity index (χ3v) is 5.24. The number of carbonyl (C=O) groups excluding carboxylic acids is 2. The van der Waals surface area contributed by atoms with Gasteiger partial charge in [0.25, 0.3) is 5.91 Å². The molecule has 0 spiro atoms. The fourth-order valence-electron chi connectivity index (χ4n) is 3.57. The van der Waals surface area contributed by atoms with E-state index in [0.717, 1.165) is 30.6 Å². The van der Waals surface area contributed by atoms with Gasteiger partial charge in [0.05, 0.1) is 14.2 Å². The second-order valence-corrected chi connectivity index (χ2v) is 7.06. The summed E-state index contributed by atoms with van der Waals surface area (Å²) in [4.78, 5) is 28.7. The summed E-state index contributed by atoms with van der Waals surface area (Å²) < 4.78 is 10.6. The number of piperidine rings is 1. The molecular weight excluding hydrogens is 368 g/mol. The third-order valence-electron chi connectivity index (χ3n) is 5.24. The standard InChI is InChI=1S/C23H28N2O4/c1-4-24(16-17-8-13-20(28-2)21(15-17)29-3)23(27)18-9-11-19(12-10-18)25-14-6-5-7-22(25)26/h8-13,15H,4-7,14,16H2,1-3H3. The lowest BCUT2D eigenvalue weighted by Gasteiger charge is -2.27. The summed E-state index contributed by atoms with van der Waals surface area (Å²) in [6.07, 6.45) is 2.56. The molecule has 6 nitrogen and oxygen atoms in total. The fourth-order valence-corrected chi connectivity index (χ4v) is 3.57. The summed E-state index contributed by atoms with van der Waals surface area (Å²) in [6.45, 7) is 3.76. The van der Waals surface area contributed by atoms with Gasteiger partial charge in [-0.1, -0.05) is 6.07 Å². The topological polar surface area (TPSA) is 59.1 Å². The van der Waals surface area contributed by atoms with Crippen LogP contribution in [-0.2, 0) is 11.3 Å². The summed E-state index contributed by atoms with van der Waals surface area (Å²) in [5.74, 6) is 1.41. The predicted octanol–water partition coefficient (Wildman–Crippen LogP) is 3.88. The highest BCUT2D eigenvalue weighted by atomic mass is 16.5. The van der Waals surface area contributed by atoms with E-state index in [9.17, 15) is 9.59 Å². The summed E-state index contributed by atoms with van der Waals surface area (Å²) in [5.41, 5.74) is 2.43. The van der Waals surface area contributed by atoms with E-state index < -0.39 is 0 Å². The van der Waals surface area contributed by atoms with E-state index in [2.05, 4.69) is 0 Å². The Morgan fingerprint density at radius 1 is 1.03 bits per heavy atom. The van der Waals surface area contributed by atoms with Gasteiger partial charge >= 0.3 is 0 Å². The van der Waals surface area contributed by atoms with Crippen molar-refractivity contribution in [1.82, 2.24) is 4.90 Å². The van der Waals surface area contributed by atoms with Crippen LogP contribution in [0.4, 0.5) is 5.69 Å². The smallest absolute Gasteiger partial charge is 0.254 e. The molecule has 3 rings (SSSR count). The number of hydrogen-bond acceptors (Lipinski definition) is 4. The van der Waals surface area contributed by atoms with Crippen LogP contribution in [0.15, 0.2) is 42.5 Å². The molecule has 1 aliphatic heterocycles.